The molecule has 2 heterocycles. The summed E-state index contributed by atoms with van der Waals surface area (Å²) >= 11 is 0. The summed E-state index contributed by atoms with van der Waals surface area (Å²) in [6.07, 6.45) is 3.55. The van der Waals surface area contributed by atoms with E-state index < -0.39 is 5.91 Å². The Morgan fingerprint density at radius 2 is 2.03 bits per heavy atom. The van der Waals surface area contributed by atoms with E-state index >= 15 is 0 Å². The largest absolute Gasteiger partial charge is 0.384 e. The van der Waals surface area contributed by atoms with Gasteiger partial charge < -0.3 is 16.4 Å². The molecule has 7 heteroatoms. The number of primary amides is 1. The topological polar surface area (TPSA) is 102 Å². The molecule has 1 saturated heterocycles. The summed E-state index contributed by atoms with van der Waals surface area (Å²) in [5.74, 6) is 0.265. The Morgan fingerprint density at radius 3 is 2.73 bits per heavy atom. The molecule has 1 amide bonds. The van der Waals surface area contributed by atoms with Crippen LogP contribution < -0.4 is 16.4 Å². The standard InChI is InChI=1S/C23H31N5O2/c1-14-21-19(11-23(2,3)12-20(21)29)28(27-14)16-4-5-17(22(24)30)18(10-16)26-13-15-6-8-25-9-7-15/h4-5,10,15,25-26H,6-9,11-13H2,1-3H3,(H2,24,30). The van der Waals surface area contributed by atoms with Gasteiger partial charge in [-0.2, -0.15) is 5.10 Å². The first kappa shape index (κ1) is 20.6. The number of amides is 1. The third-order valence-corrected chi connectivity index (χ3v) is 6.27. The molecule has 2 aromatic rings. The molecule has 7 nitrogen and oxygen atoms in total. The number of hydrogen-bond acceptors (Lipinski definition) is 5. The molecule has 0 atom stereocenters. The lowest BCUT2D eigenvalue weighted by atomic mass is 9.75. The molecular formula is C23H31N5O2. The number of benzene rings is 1. The number of Topliss-reactive ketones (excluding diaryl/α,β-unsaturated/α-hetero) is 1. The number of nitrogens with zero attached hydrogens (tertiary/aromatic N) is 2. The second-order valence-corrected chi connectivity index (χ2v) is 9.43. The summed E-state index contributed by atoms with van der Waals surface area (Å²) in [6, 6.07) is 5.54. The lowest BCUT2D eigenvalue weighted by molar-refractivity contribution is 0.0909. The van der Waals surface area contributed by atoms with Crippen molar-refractivity contribution in [3.63, 3.8) is 0 Å². The lowest BCUT2D eigenvalue weighted by Gasteiger charge is -2.29. The summed E-state index contributed by atoms with van der Waals surface area (Å²) in [5, 5.41) is 11.5. The summed E-state index contributed by atoms with van der Waals surface area (Å²) in [6.45, 7) is 8.97. The molecule has 1 aromatic heterocycles. The molecule has 0 radical (unpaired) electrons. The van der Waals surface area contributed by atoms with Gasteiger partial charge in [-0.05, 0) is 68.8 Å². The van der Waals surface area contributed by atoms with Crippen molar-refractivity contribution in [1.82, 2.24) is 15.1 Å². The highest BCUT2D eigenvalue weighted by molar-refractivity contribution is 6.00. The first-order valence-corrected chi connectivity index (χ1v) is 10.8. The van der Waals surface area contributed by atoms with Crippen molar-refractivity contribution in [2.75, 3.05) is 25.0 Å². The van der Waals surface area contributed by atoms with Gasteiger partial charge in [0.05, 0.1) is 28.2 Å². The lowest BCUT2D eigenvalue weighted by Crippen LogP contribution is -2.31. The SMILES string of the molecule is Cc1nn(-c2ccc(C(N)=O)c(NCC3CCNCC3)c2)c2c1C(=O)CC(C)(C)C2. The van der Waals surface area contributed by atoms with Crippen LogP contribution in [0.5, 0.6) is 0 Å². The van der Waals surface area contributed by atoms with Crippen molar-refractivity contribution in [3.05, 3.63) is 40.7 Å². The van der Waals surface area contributed by atoms with E-state index in [9.17, 15) is 9.59 Å². The quantitative estimate of drug-likeness (QED) is 0.705. The predicted octanol–water partition coefficient (Wildman–Crippen LogP) is 2.85. The number of carbonyl (C=O) groups is 2. The van der Waals surface area contributed by atoms with Crippen LogP contribution in [0.2, 0.25) is 0 Å². The number of aromatic nitrogens is 2. The van der Waals surface area contributed by atoms with Crippen molar-refractivity contribution in [3.8, 4) is 5.69 Å². The number of nitrogens with one attached hydrogen (secondary N) is 2. The molecular weight excluding hydrogens is 378 g/mol. The smallest absolute Gasteiger partial charge is 0.250 e. The molecule has 2 aliphatic rings. The number of nitrogens with two attached hydrogens (primary N) is 1. The number of fused-ring (bicyclic) bond motifs is 1. The van der Waals surface area contributed by atoms with Crippen LogP contribution in [0, 0.1) is 18.3 Å². The third-order valence-electron chi connectivity index (χ3n) is 6.27. The van der Waals surface area contributed by atoms with Gasteiger partial charge in [-0.25, -0.2) is 4.68 Å². The molecule has 4 N–H and O–H groups in total. The van der Waals surface area contributed by atoms with E-state index in [1.807, 2.05) is 23.7 Å². The Hall–Kier alpha value is -2.67. The van der Waals surface area contributed by atoms with Crippen molar-refractivity contribution in [1.29, 1.82) is 0 Å². The molecule has 30 heavy (non-hydrogen) atoms. The second-order valence-electron chi connectivity index (χ2n) is 9.43. The Labute approximate surface area is 177 Å². The van der Waals surface area contributed by atoms with Crippen molar-refractivity contribution < 1.29 is 9.59 Å². The Kier molecular flexibility index (Phi) is 5.40. The predicted molar refractivity (Wildman–Crippen MR) is 117 cm³/mol. The number of hydrogen-bond donors (Lipinski definition) is 3. The zero-order chi connectivity index (χ0) is 21.5. The molecule has 160 valence electrons. The maximum Gasteiger partial charge on any atom is 0.250 e. The van der Waals surface area contributed by atoms with Gasteiger partial charge in [0.1, 0.15) is 0 Å². The fourth-order valence-corrected chi connectivity index (χ4v) is 4.72. The van der Waals surface area contributed by atoms with Crippen LogP contribution in [0.1, 0.15) is 65.2 Å². The summed E-state index contributed by atoms with van der Waals surface area (Å²) < 4.78 is 1.87. The molecule has 1 fully saturated rings. The van der Waals surface area contributed by atoms with Gasteiger partial charge in [0, 0.05) is 18.7 Å². The molecule has 0 unspecified atom stereocenters. The Bertz CT molecular complexity index is 986. The second kappa shape index (κ2) is 7.87. The maximum absolute atomic E-state index is 12.7. The van der Waals surface area contributed by atoms with E-state index in [0.717, 1.165) is 67.2 Å². The van der Waals surface area contributed by atoms with E-state index in [-0.39, 0.29) is 11.2 Å². The number of carbonyl (C=O) groups excluding carboxylic acids is 2. The normalized spacial score (nSPS) is 18.8. The van der Waals surface area contributed by atoms with Gasteiger partial charge in [0.15, 0.2) is 5.78 Å². The summed E-state index contributed by atoms with van der Waals surface area (Å²) in [4.78, 5) is 24.7. The fourth-order valence-electron chi connectivity index (χ4n) is 4.72. The van der Waals surface area contributed by atoms with Crippen LogP contribution in [0.3, 0.4) is 0 Å². The highest BCUT2D eigenvalue weighted by Crippen LogP contribution is 2.37. The fraction of sp³-hybridized carbons (Fsp3) is 0.522. The van der Waals surface area contributed by atoms with Gasteiger partial charge >= 0.3 is 0 Å². The molecule has 1 aromatic carbocycles. The van der Waals surface area contributed by atoms with Crippen LogP contribution in [-0.2, 0) is 6.42 Å². The highest BCUT2D eigenvalue weighted by atomic mass is 16.1. The third kappa shape index (κ3) is 3.99. The first-order chi connectivity index (χ1) is 14.2. The molecule has 0 saturated carbocycles. The summed E-state index contributed by atoms with van der Waals surface area (Å²) in [5.41, 5.74) is 10.0. The van der Waals surface area contributed by atoms with Crippen LogP contribution in [0.25, 0.3) is 5.69 Å². The van der Waals surface area contributed by atoms with Crippen LogP contribution in [0.4, 0.5) is 5.69 Å². The van der Waals surface area contributed by atoms with Crippen molar-refractivity contribution in [2.24, 2.45) is 17.1 Å². The Balaban J connectivity index is 1.69. The zero-order valence-electron chi connectivity index (χ0n) is 18.0. The van der Waals surface area contributed by atoms with Gasteiger partial charge in [-0.15, -0.1) is 0 Å². The molecule has 0 spiro atoms. The monoisotopic (exact) mass is 409 g/mol. The average Bonchev–Trinajstić information content (AvgIpc) is 3.02. The van der Waals surface area contributed by atoms with Gasteiger partial charge in [0.2, 0.25) is 0 Å². The molecule has 1 aliphatic carbocycles. The number of ketones is 1. The number of rotatable bonds is 5. The first-order valence-electron chi connectivity index (χ1n) is 10.8. The van der Waals surface area contributed by atoms with Crippen LogP contribution >= 0.6 is 0 Å². The molecule has 1 aliphatic heterocycles. The average molecular weight is 410 g/mol. The molecule has 4 rings (SSSR count). The van der Waals surface area contributed by atoms with Gasteiger partial charge in [0.25, 0.3) is 5.91 Å². The molecule has 0 bridgehead atoms. The van der Waals surface area contributed by atoms with Crippen LogP contribution in [0.15, 0.2) is 18.2 Å². The van der Waals surface area contributed by atoms with E-state index in [4.69, 9.17) is 5.73 Å². The Morgan fingerprint density at radius 1 is 1.30 bits per heavy atom. The summed E-state index contributed by atoms with van der Waals surface area (Å²) in [7, 11) is 0. The van der Waals surface area contributed by atoms with Crippen molar-refractivity contribution in [2.45, 2.75) is 46.5 Å². The minimum atomic E-state index is -0.454. The zero-order valence-corrected chi connectivity index (χ0v) is 18.0. The maximum atomic E-state index is 12.7. The number of anilines is 1. The van der Waals surface area contributed by atoms with Gasteiger partial charge in [-0.3, -0.25) is 9.59 Å². The van der Waals surface area contributed by atoms with Gasteiger partial charge in [-0.1, -0.05) is 13.8 Å². The number of piperidine rings is 1. The minimum Gasteiger partial charge on any atom is -0.384 e. The highest BCUT2D eigenvalue weighted by Gasteiger charge is 2.35. The van der Waals surface area contributed by atoms with Crippen LogP contribution in [-0.4, -0.2) is 41.1 Å². The van der Waals surface area contributed by atoms with Crippen molar-refractivity contribution >= 4 is 17.4 Å². The van der Waals surface area contributed by atoms with E-state index in [1.165, 1.54) is 0 Å². The number of aryl methyl sites for hydroxylation is 1. The van der Waals surface area contributed by atoms with E-state index in [0.29, 0.717) is 17.9 Å². The van der Waals surface area contributed by atoms with E-state index in [2.05, 4.69) is 29.6 Å². The minimum absolute atomic E-state index is 0.0996. The van der Waals surface area contributed by atoms with E-state index in [1.54, 1.807) is 6.07 Å².